The molecule has 5 nitrogen and oxygen atoms in total. The predicted molar refractivity (Wildman–Crippen MR) is 68.9 cm³/mol. The van der Waals surface area contributed by atoms with Crippen molar-refractivity contribution < 1.29 is 9.21 Å². The molecule has 3 N–H and O–H groups in total. The van der Waals surface area contributed by atoms with E-state index in [4.69, 9.17) is 10.2 Å². The van der Waals surface area contributed by atoms with E-state index < -0.39 is 5.54 Å². The number of nitrogens with one attached hydrogen (secondary N) is 1. The summed E-state index contributed by atoms with van der Waals surface area (Å²) in [6, 6.07) is 3.80. The number of rotatable bonds is 5. The molecule has 0 bridgehead atoms. The Morgan fingerprint density at radius 2 is 2.33 bits per heavy atom. The van der Waals surface area contributed by atoms with Crippen molar-refractivity contribution in [1.82, 2.24) is 10.2 Å². The smallest absolute Gasteiger partial charge is 0.240 e. The molecule has 18 heavy (non-hydrogen) atoms. The van der Waals surface area contributed by atoms with Crippen LogP contribution in [0.3, 0.4) is 0 Å². The van der Waals surface area contributed by atoms with Gasteiger partial charge in [-0.1, -0.05) is 0 Å². The maximum atomic E-state index is 12.0. The first-order chi connectivity index (χ1) is 8.53. The van der Waals surface area contributed by atoms with Crippen LogP contribution in [0.4, 0.5) is 0 Å². The molecule has 1 aliphatic rings. The molecule has 0 spiro atoms. The summed E-state index contributed by atoms with van der Waals surface area (Å²) in [6.07, 6.45) is 4.25. The average molecular weight is 251 g/mol. The van der Waals surface area contributed by atoms with E-state index in [-0.39, 0.29) is 11.9 Å². The van der Waals surface area contributed by atoms with E-state index in [0.29, 0.717) is 6.54 Å². The maximum absolute atomic E-state index is 12.0. The van der Waals surface area contributed by atoms with Crippen LogP contribution in [0.2, 0.25) is 0 Å². The Hall–Kier alpha value is -1.33. The molecule has 1 atom stereocenters. The molecule has 1 fully saturated rings. The van der Waals surface area contributed by atoms with Gasteiger partial charge in [0.05, 0.1) is 17.8 Å². The van der Waals surface area contributed by atoms with Gasteiger partial charge in [0.2, 0.25) is 5.91 Å². The maximum Gasteiger partial charge on any atom is 0.240 e. The lowest BCUT2D eigenvalue weighted by Gasteiger charge is -2.36. The molecule has 1 aromatic rings. The van der Waals surface area contributed by atoms with Crippen molar-refractivity contribution in [2.24, 2.45) is 5.73 Å². The quantitative estimate of drug-likeness (QED) is 0.815. The Labute approximate surface area is 107 Å². The number of hydrogen-bond donors (Lipinski definition) is 2. The molecule has 1 unspecified atom stereocenters. The zero-order valence-electron chi connectivity index (χ0n) is 11.0. The second-order valence-electron chi connectivity index (χ2n) is 5.21. The van der Waals surface area contributed by atoms with Gasteiger partial charge in [-0.3, -0.25) is 9.69 Å². The molecule has 100 valence electrons. The van der Waals surface area contributed by atoms with Gasteiger partial charge in [0.15, 0.2) is 0 Å². The first-order valence-electron chi connectivity index (χ1n) is 6.30. The molecule has 1 aromatic heterocycles. The Morgan fingerprint density at radius 3 is 2.78 bits per heavy atom. The van der Waals surface area contributed by atoms with Crippen LogP contribution in [0.5, 0.6) is 0 Å². The monoisotopic (exact) mass is 251 g/mol. The molecule has 1 aliphatic carbocycles. The van der Waals surface area contributed by atoms with Crippen LogP contribution < -0.4 is 11.1 Å². The van der Waals surface area contributed by atoms with Crippen LogP contribution in [-0.2, 0) is 4.79 Å². The lowest BCUT2D eigenvalue weighted by molar-refractivity contribution is -0.129. The van der Waals surface area contributed by atoms with Crippen LogP contribution in [0.15, 0.2) is 22.8 Å². The minimum atomic E-state index is -0.639. The summed E-state index contributed by atoms with van der Waals surface area (Å²) >= 11 is 0. The van der Waals surface area contributed by atoms with Crippen LogP contribution in [0.25, 0.3) is 0 Å². The summed E-state index contributed by atoms with van der Waals surface area (Å²) in [6.45, 7) is 0.512. The van der Waals surface area contributed by atoms with Gasteiger partial charge in [-0.15, -0.1) is 0 Å². The fourth-order valence-electron chi connectivity index (χ4n) is 2.17. The van der Waals surface area contributed by atoms with Crippen LogP contribution in [0, 0.1) is 0 Å². The third-order valence-electron chi connectivity index (χ3n) is 3.65. The fraction of sp³-hybridized carbons (Fsp3) is 0.615. The Kier molecular flexibility index (Phi) is 3.73. The van der Waals surface area contributed by atoms with Gasteiger partial charge in [-0.25, -0.2) is 0 Å². The van der Waals surface area contributed by atoms with Gasteiger partial charge in [0, 0.05) is 6.54 Å². The summed E-state index contributed by atoms with van der Waals surface area (Å²) < 4.78 is 5.39. The molecule has 0 aliphatic heterocycles. The van der Waals surface area contributed by atoms with Crippen molar-refractivity contribution >= 4 is 5.91 Å². The Balaban J connectivity index is 1.92. The molecule has 0 saturated heterocycles. The molecular formula is C13H21N3O2. The molecule has 1 saturated carbocycles. The molecule has 5 heteroatoms. The van der Waals surface area contributed by atoms with Gasteiger partial charge in [-0.05, 0) is 45.5 Å². The number of nitrogens with two attached hydrogens (primary N) is 1. The second-order valence-corrected chi connectivity index (χ2v) is 5.21. The van der Waals surface area contributed by atoms with E-state index in [1.807, 2.05) is 31.1 Å². The number of carbonyl (C=O) groups excluding carboxylic acids is 1. The van der Waals surface area contributed by atoms with E-state index >= 15 is 0 Å². The standard InChI is InChI=1S/C13H21N3O2/c1-16(2)10(11-5-3-8-18-11)9-15-12(17)13(14)6-4-7-13/h3,5,8,10H,4,6-7,9,14H2,1-2H3,(H,15,17). The highest BCUT2D eigenvalue weighted by molar-refractivity contribution is 5.87. The van der Waals surface area contributed by atoms with Crippen molar-refractivity contribution in [1.29, 1.82) is 0 Å². The Bertz CT molecular complexity index is 396. The number of nitrogens with zero attached hydrogens (tertiary/aromatic N) is 1. The van der Waals surface area contributed by atoms with Crippen molar-refractivity contribution in [2.45, 2.75) is 30.8 Å². The molecule has 0 aromatic carbocycles. The minimum absolute atomic E-state index is 0.0348. The highest BCUT2D eigenvalue weighted by Gasteiger charge is 2.40. The van der Waals surface area contributed by atoms with E-state index in [2.05, 4.69) is 5.32 Å². The van der Waals surface area contributed by atoms with E-state index in [9.17, 15) is 4.79 Å². The minimum Gasteiger partial charge on any atom is -0.468 e. The molecule has 1 amide bonds. The van der Waals surface area contributed by atoms with E-state index in [0.717, 1.165) is 25.0 Å². The van der Waals surface area contributed by atoms with Gasteiger partial charge >= 0.3 is 0 Å². The molecule has 2 rings (SSSR count). The van der Waals surface area contributed by atoms with Crippen molar-refractivity contribution in [2.75, 3.05) is 20.6 Å². The lowest BCUT2D eigenvalue weighted by Crippen LogP contribution is -2.59. The number of furan rings is 1. The number of hydrogen-bond acceptors (Lipinski definition) is 4. The average Bonchev–Trinajstić information content (AvgIpc) is 2.79. The zero-order valence-corrected chi connectivity index (χ0v) is 11.0. The molecular weight excluding hydrogens is 230 g/mol. The van der Waals surface area contributed by atoms with Gasteiger partial charge in [0.25, 0.3) is 0 Å². The number of amides is 1. The van der Waals surface area contributed by atoms with Crippen molar-refractivity contribution in [3.63, 3.8) is 0 Å². The van der Waals surface area contributed by atoms with Gasteiger partial charge < -0.3 is 15.5 Å². The summed E-state index contributed by atoms with van der Waals surface area (Å²) in [5, 5.41) is 2.93. The third-order valence-corrected chi connectivity index (χ3v) is 3.65. The highest BCUT2D eigenvalue weighted by atomic mass is 16.3. The number of likely N-dealkylation sites (N-methyl/N-ethyl adjacent to an activating group) is 1. The fourth-order valence-corrected chi connectivity index (χ4v) is 2.17. The topological polar surface area (TPSA) is 71.5 Å². The summed E-state index contributed by atoms with van der Waals surface area (Å²) in [4.78, 5) is 14.0. The van der Waals surface area contributed by atoms with Crippen LogP contribution in [0.1, 0.15) is 31.1 Å². The predicted octanol–water partition coefficient (Wildman–Crippen LogP) is 0.880. The van der Waals surface area contributed by atoms with E-state index in [1.54, 1.807) is 6.26 Å². The Morgan fingerprint density at radius 1 is 1.61 bits per heavy atom. The largest absolute Gasteiger partial charge is 0.468 e. The summed E-state index contributed by atoms with van der Waals surface area (Å²) in [5.41, 5.74) is 5.34. The summed E-state index contributed by atoms with van der Waals surface area (Å²) in [5.74, 6) is 0.798. The van der Waals surface area contributed by atoms with Crippen LogP contribution >= 0.6 is 0 Å². The van der Waals surface area contributed by atoms with Crippen molar-refractivity contribution in [3.8, 4) is 0 Å². The first kappa shape index (κ1) is 13.1. The SMILES string of the molecule is CN(C)C(CNC(=O)C1(N)CCC1)c1ccco1. The van der Waals surface area contributed by atoms with Crippen molar-refractivity contribution in [3.05, 3.63) is 24.2 Å². The zero-order chi connectivity index (χ0) is 13.2. The highest BCUT2D eigenvalue weighted by Crippen LogP contribution is 2.29. The first-order valence-corrected chi connectivity index (χ1v) is 6.30. The normalized spacial score (nSPS) is 19.3. The lowest BCUT2D eigenvalue weighted by atomic mass is 9.77. The molecule has 1 heterocycles. The second kappa shape index (κ2) is 5.12. The van der Waals surface area contributed by atoms with Gasteiger partial charge in [-0.2, -0.15) is 0 Å². The number of carbonyl (C=O) groups is 1. The summed E-state index contributed by atoms with van der Waals surface area (Å²) in [7, 11) is 3.92. The third kappa shape index (κ3) is 2.57. The van der Waals surface area contributed by atoms with Crippen LogP contribution in [-0.4, -0.2) is 37.0 Å². The van der Waals surface area contributed by atoms with Gasteiger partial charge in [0.1, 0.15) is 5.76 Å². The van der Waals surface area contributed by atoms with E-state index in [1.165, 1.54) is 0 Å². The molecule has 0 radical (unpaired) electrons.